The van der Waals surface area contributed by atoms with Crippen molar-refractivity contribution in [2.45, 2.75) is 32.6 Å². The SMILES string of the molecule is CCCc1nn(C)c(N2CCC(CNC)CC2)c1[N+](=O)[O-]. The Morgan fingerprint density at radius 2 is 2.10 bits per heavy atom. The molecule has 118 valence electrons. The van der Waals surface area contributed by atoms with E-state index in [4.69, 9.17) is 0 Å². The Hall–Kier alpha value is -1.63. The van der Waals surface area contributed by atoms with Crippen molar-refractivity contribution in [1.82, 2.24) is 15.1 Å². The zero-order valence-corrected chi connectivity index (χ0v) is 13.1. The van der Waals surface area contributed by atoms with Gasteiger partial charge < -0.3 is 10.2 Å². The second-order valence-corrected chi connectivity index (χ2v) is 5.74. The monoisotopic (exact) mass is 295 g/mol. The lowest BCUT2D eigenvalue weighted by molar-refractivity contribution is -0.384. The van der Waals surface area contributed by atoms with Crippen molar-refractivity contribution in [3.63, 3.8) is 0 Å². The van der Waals surface area contributed by atoms with E-state index >= 15 is 0 Å². The summed E-state index contributed by atoms with van der Waals surface area (Å²) in [6, 6.07) is 0. The molecule has 0 atom stereocenters. The molecular weight excluding hydrogens is 270 g/mol. The van der Waals surface area contributed by atoms with Crippen LogP contribution in [0, 0.1) is 16.0 Å². The van der Waals surface area contributed by atoms with Gasteiger partial charge in [0.1, 0.15) is 5.69 Å². The molecule has 1 aromatic rings. The van der Waals surface area contributed by atoms with E-state index < -0.39 is 0 Å². The molecule has 1 N–H and O–H groups in total. The molecule has 0 saturated carbocycles. The van der Waals surface area contributed by atoms with Gasteiger partial charge in [0.25, 0.3) is 0 Å². The molecule has 7 nitrogen and oxygen atoms in total. The summed E-state index contributed by atoms with van der Waals surface area (Å²) in [5.74, 6) is 1.33. The van der Waals surface area contributed by atoms with E-state index in [9.17, 15) is 10.1 Å². The zero-order chi connectivity index (χ0) is 15.4. The van der Waals surface area contributed by atoms with Gasteiger partial charge in [-0.25, -0.2) is 4.68 Å². The van der Waals surface area contributed by atoms with Crippen molar-refractivity contribution in [2.75, 3.05) is 31.6 Å². The van der Waals surface area contributed by atoms with Gasteiger partial charge in [0.05, 0.1) is 4.92 Å². The van der Waals surface area contributed by atoms with Gasteiger partial charge in [0, 0.05) is 20.1 Å². The third kappa shape index (κ3) is 3.34. The van der Waals surface area contributed by atoms with Gasteiger partial charge in [-0.05, 0) is 38.8 Å². The van der Waals surface area contributed by atoms with Crippen LogP contribution in [0.25, 0.3) is 0 Å². The first-order valence-electron chi connectivity index (χ1n) is 7.68. The van der Waals surface area contributed by atoms with Gasteiger partial charge in [0.2, 0.25) is 5.82 Å². The lowest BCUT2D eigenvalue weighted by atomic mass is 9.97. The van der Waals surface area contributed by atoms with Crippen molar-refractivity contribution in [3.8, 4) is 0 Å². The second-order valence-electron chi connectivity index (χ2n) is 5.74. The Labute approximate surface area is 125 Å². The molecule has 2 rings (SSSR count). The first-order valence-corrected chi connectivity index (χ1v) is 7.68. The Kier molecular flexibility index (Phi) is 5.17. The molecule has 7 heteroatoms. The fourth-order valence-corrected chi connectivity index (χ4v) is 3.14. The smallest absolute Gasteiger partial charge is 0.334 e. The molecule has 0 aromatic carbocycles. The number of nitro groups is 1. The summed E-state index contributed by atoms with van der Waals surface area (Å²) in [7, 11) is 3.77. The minimum Gasteiger partial charge on any atom is -0.351 e. The lowest BCUT2D eigenvalue weighted by Crippen LogP contribution is -2.37. The first kappa shape index (κ1) is 15.8. The largest absolute Gasteiger partial charge is 0.351 e. The minimum absolute atomic E-state index is 0.200. The molecule has 1 aliphatic rings. The fourth-order valence-electron chi connectivity index (χ4n) is 3.14. The predicted molar refractivity (Wildman–Crippen MR) is 82.7 cm³/mol. The molecule has 0 spiro atoms. The zero-order valence-electron chi connectivity index (χ0n) is 13.1. The molecule has 1 fully saturated rings. The first-order chi connectivity index (χ1) is 10.1. The molecule has 2 heterocycles. The van der Waals surface area contributed by atoms with Crippen LogP contribution in [0.3, 0.4) is 0 Å². The summed E-state index contributed by atoms with van der Waals surface area (Å²) in [6.45, 7) is 4.75. The van der Waals surface area contributed by atoms with Crippen LogP contribution >= 0.6 is 0 Å². The Morgan fingerprint density at radius 3 is 2.62 bits per heavy atom. The van der Waals surface area contributed by atoms with Gasteiger partial charge in [-0.3, -0.25) is 10.1 Å². The van der Waals surface area contributed by atoms with E-state index in [0.29, 0.717) is 23.9 Å². The molecular formula is C14H25N5O2. The molecule has 0 amide bonds. The van der Waals surface area contributed by atoms with Crippen LogP contribution in [-0.2, 0) is 13.5 Å². The molecule has 0 radical (unpaired) electrons. The van der Waals surface area contributed by atoms with Crippen molar-refractivity contribution in [3.05, 3.63) is 15.8 Å². The van der Waals surface area contributed by atoms with Gasteiger partial charge in [0.15, 0.2) is 0 Å². The summed E-state index contributed by atoms with van der Waals surface area (Å²) < 4.78 is 1.68. The van der Waals surface area contributed by atoms with Crippen molar-refractivity contribution in [2.24, 2.45) is 13.0 Å². The van der Waals surface area contributed by atoms with E-state index in [-0.39, 0.29) is 10.6 Å². The maximum absolute atomic E-state index is 11.5. The lowest BCUT2D eigenvalue weighted by Gasteiger charge is -2.32. The standard InChI is InChI=1S/C14H25N5O2/c1-4-5-12-13(19(20)21)14(17(3)16-12)18-8-6-11(7-9-18)10-15-2/h11,15H,4-10H2,1-3H3. The van der Waals surface area contributed by atoms with Crippen molar-refractivity contribution >= 4 is 11.5 Å². The average Bonchev–Trinajstić information content (AvgIpc) is 2.77. The number of piperidine rings is 1. The highest BCUT2D eigenvalue weighted by atomic mass is 16.6. The van der Waals surface area contributed by atoms with E-state index in [1.54, 1.807) is 11.7 Å². The van der Waals surface area contributed by atoms with Crippen LogP contribution < -0.4 is 10.2 Å². The number of aryl methyl sites for hydroxylation is 2. The number of anilines is 1. The normalized spacial score (nSPS) is 16.4. The van der Waals surface area contributed by atoms with E-state index in [1.807, 2.05) is 14.0 Å². The van der Waals surface area contributed by atoms with Crippen molar-refractivity contribution in [1.29, 1.82) is 0 Å². The Morgan fingerprint density at radius 1 is 1.43 bits per heavy atom. The highest BCUT2D eigenvalue weighted by Crippen LogP contribution is 2.34. The highest BCUT2D eigenvalue weighted by molar-refractivity contribution is 5.61. The van der Waals surface area contributed by atoms with Crippen LogP contribution in [0.2, 0.25) is 0 Å². The van der Waals surface area contributed by atoms with Crippen LogP contribution in [0.5, 0.6) is 0 Å². The van der Waals surface area contributed by atoms with Crippen LogP contribution in [0.4, 0.5) is 11.5 Å². The predicted octanol–water partition coefficient (Wildman–Crippen LogP) is 1.72. The number of nitrogens with one attached hydrogen (secondary N) is 1. The van der Waals surface area contributed by atoms with E-state index in [1.165, 1.54) is 0 Å². The van der Waals surface area contributed by atoms with E-state index in [0.717, 1.165) is 38.9 Å². The summed E-state index contributed by atoms with van der Waals surface area (Å²) in [6.07, 6.45) is 3.64. The Balaban J connectivity index is 2.21. The summed E-state index contributed by atoms with van der Waals surface area (Å²) in [4.78, 5) is 13.3. The minimum atomic E-state index is -0.271. The fraction of sp³-hybridized carbons (Fsp3) is 0.786. The molecule has 1 aliphatic heterocycles. The van der Waals surface area contributed by atoms with E-state index in [2.05, 4.69) is 15.3 Å². The van der Waals surface area contributed by atoms with Gasteiger partial charge in [-0.15, -0.1) is 0 Å². The topological polar surface area (TPSA) is 76.2 Å². The molecule has 1 aromatic heterocycles. The number of hydrogen-bond donors (Lipinski definition) is 1. The molecule has 21 heavy (non-hydrogen) atoms. The van der Waals surface area contributed by atoms with Gasteiger partial charge >= 0.3 is 5.69 Å². The average molecular weight is 295 g/mol. The maximum Gasteiger partial charge on any atom is 0.334 e. The highest BCUT2D eigenvalue weighted by Gasteiger charge is 2.31. The number of nitrogens with zero attached hydrogens (tertiary/aromatic N) is 4. The van der Waals surface area contributed by atoms with Crippen LogP contribution in [0.15, 0.2) is 0 Å². The van der Waals surface area contributed by atoms with Crippen LogP contribution in [0.1, 0.15) is 31.9 Å². The summed E-state index contributed by atoms with van der Waals surface area (Å²) in [5, 5.41) is 19.0. The van der Waals surface area contributed by atoms with Gasteiger partial charge in [-0.2, -0.15) is 5.10 Å². The Bertz CT molecular complexity index is 492. The quantitative estimate of drug-likeness (QED) is 0.639. The van der Waals surface area contributed by atoms with Gasteiger partial charge in [-0.1, -0.05) is 13.3 Å². The third-order valence-corrected chi connectivity index (χ3v) is 4.14. The van der Waals surface area contributed by atoms with Crippen LogP contribution in [-0.4, -0.2) is 41.4 Å². The number of rotatable bonds is 6. The van der Waals surface area contributed by atoms with Crippen molar-refractivity contribution < 1.29 is 4.92 Å². The molecule has 0 bridgehead atoms. The third-order valence-electron chi connectivity index (χ3n) is 4.14. The molecule has 0 unspecified atom stereocenters. The maximum atomic E-state index is 11.5. The second kappa shape index (κ2) is 6.89. The number of hydrogen-bond acceptors (Lipinski definition) is 5. The molecule has 1 saturated heterocycles. The summed E-state index contributed by atoms with van der Waals surface area (Å²) in [5.41, 5.74) is 0.809. The number of aromatic nitrogens is 2. The summed E-state index contributed by atoms with van der Waals surface area (Å²) >= 11 is 0. The molecule has 0 aliphatic carbocycles.